The fourth-order valence-electron chi connectivity index (χ4n) is 7.36. The van der Waals surface area contributed by atoms with E-state index in [-0.39, 0.29) is 30.2 Å². The van der Waals surface area contributed by atoms with Gasteiger partial charge in [0.05, 0.1) is 48.1 Å². The molecular formula is C45H39N7O3. The van der Waals surface area contributed by atoms with Gasteiger partial charge in [0, 0.05) is 37.2 Å². The second-order valence-corrected chi connectivity index (χ2v) is 14.1. The van der Waals surface area contributed by atoms with Crippen LogP contribution in [0, 0.1) is 36.8 Å². The second-order valence-electron chi connectivity index (χ2n) is 14.1. The van der Waals surface area contributed by atoms with Crippen molar-refractivity contribution in [1.29, 1.82) is 0 Å². The molecule has 2 atom stereocenters. The van der Waals surface area contributed by atoms with E-state index in [9.17, 15) is 9.59 Å². The zero-order valence-electron chi connectivity index (χ0n) is 30.3. The third kappa shape index (κ3) is 7.38. The highest BCUT2D eigenvalue weighted by atomic mass is 16.4. The summed E-state index contributed by atoms with van der Waals surface area (Å²) in [4.78, 5) is 48.7. The molecular weight excluding hydrogens is 687 g/mol. The molecule has 0 bridgehead atoms. The molecule has 1 aliphatic heterocycles. The van der Waals surface area contributed by atoms with Gasteiger partial charge in [-0.3, -0.25) is 14.6 Å². The molecule has 5 aromatic rings. The molecule has 2 aromatic heterocycles. The summed E-state index contributed by atoms with van der Waals surface area (Å²) in [5.74, 6) is 7.65. The number of hydrogen-bond acceptors (Lipinski definition) is 7. The largest absolute Gasteiger partial charge is 0.440 e. The molecule has 0 spiro atoms. The molecule has 1 saturated carbocycles. The van der Waals surface area contributed by atoms with E-state index < -0.39 is 5.41 Å². The number of aliphatic imine (C=N–C) groups is 1. The maximum absolute atomic E-state index is 13.9. The van der Waals surface area contributed by atoms with Gasteiger partial charge in [0.1, 0.15) is 17.7 Å². The Hall–Kier alpha value is -6.83. The number of fused-ring (bicyclic) bond motifs is 2. The van der Waals surface area contributed by atoms with Crippen molar-refractivity contribution in [3.63, 3.8) is 0 Å². The van der Waals surface area contributed by atoms with E-state index in [0.717, 1.165) is 46.3 Å². The number of amidine groups is 1. The Balaban J connectivity index is 0.968. The molecule has 3 aromatic carbocycles. The van der Waals surface area contributed by atoms with Gasteiger partial charge in [-0.05, 0) is 66.4 Å². The first-order chi connectivity index (χ1) is 26.9. The van der Waals surface area contributed by atoms with Crippen LogP contribution in [0.4, 0.5) is 0 Å². The number of benzene rings is 2. The average Bonchev–Trinajstić information content (AvgIpc) is 3.49. The maximum Gasteiger partial charge on any atom is 0.233 e. The predicted molar refractivity (Wildman–Crippen MR) is 210 cm³/mol. The van der Waals surface area contributed by atoms with E-state index >= 15 is 0 Å². The summed E-state index contributed by atoms with van der Waals surface area (Å²) >= 11 is 0. The van der Waals surface area contributed by atoms with Crippen LogP contribution in [0.3, 0.4) is 0 Å². The van der Waals surface area contributed by atoms with Gasteiger partial charge in [0.15, 0.2) is 5.76 Å². The number of carbonyl (C=O) groups is 2. The van der Waals surface area contributed by atoms with Gasteiger partial charge in [-0.25, -0.2) is 9.97 Å². The molecule has 10 heteroatoms. The standard InChI is InChI=1S/C45H39N7O3/c1-3-5-24-51(41(53)26-31-14-9-7-10-15-31)29-40-48-36-19-13-18-34(42(36)50-40)43-46-28-38(55-43)32-20-21-35-37(27-32)49-39(47-35)30-52(25-6-4-2)44(54)45(22-23-45)33-16-11-8-12-17-33/h1-2,7,9-11,13-21,27-28,34,42H,5-6,22-26,29-30H2,(H,47,49)(H,48,50). The first kappa shape index (κ1) is 35.2. The number of allylic oxidation sites excluding steroid dienone is 2. The summed E-state index contributed by atoms with van der Waals surface area (Å²) in [6.45, 7) is 1.51. The first-order valence-electron chi connectivity index (χ1n) is 18.5. The monoisotopic (exact) mass is 725 g/mol. The van der Waals surface area contributed by atoms with Crippen molar-refractivity contribution in [2.75, 3.05) is 19.6 Å². The van der Waals surface area contributed by atoms with Gasteiger partial charge in [-0.15, -0.1) is 24.7 Å². The van der Waals surface area contributed by atoms with Gasteiger partial charge >= 0.3 is 0 Å². The number of aromatic amines is 1. The lowest BCUT2D eigenvalue weighted by molar-refractivity contribution is -0.134. The van der Waals surface area contributed by atoms with Crippen LogP contribution in [0.25, 0.3) is 22.4 Å². The summed E-state index contributed by atoms with van der Waals surface area (Å²) in [6.07, 6.45) is 21.7. The number of aromatic nitrogens is 3. The van der Waals surface area contributed by atoms with E-state index in [4.69, 9.17) is 27.2 Å². The second kappa shape index (κ2) is 15.3. The van der Waals surface area contributed by atoms with Gasteiger partial charge < -0.3 is 24.5 Å². The number of hydrogen-bond donors (Lipinski definition) is 2. The summed E-state index contributed by atoms with van der Waals surface area (Å²) in [5, 5.41) is 3.43. The van der Waals surface area contributed by atoms with Crippen molar-refractivity contribution >= 4 is 28.7 Å². The highest BCUT2D eigenvalue weighted by molar-refractivity contribution is 5.93. The number of amides is 2. The van der Waals surface area contributed by atoms with Gasteiger partial charge in [0.25, 0.3) is 0 Å². The number of imidazole rings is 1. The Bertz CT molecular complexity index is 2390. The third-order valence-corrected chi connectivity index (χ3v) is 10.4. The summed E-state index contributed by atoms with van der Waals surface area (Å²) in [7, 11) is 0. The SMILES string of the molecule is C#CCCN(CC1=NC2C(=CC=CC2c2ncc(-c3ccc4nc(CN(CCC#C)C(=O)C5(c6cc#ccc6)CC5)[nH]c4c3)o2)N1)C(=O)Cc1ccccc1. The van der Waals surface area contributed by atoms with Crippen molar-refractivity contribution in [3.8, 4) is 36.0 Å². The lowest BCUT2D eigenvalue weighted by Crippen LogP contribution is -2.40. The molecule has 2 aliphatic carbocycles. The smallest absolute Gasteiger partial charge is 0.233 e. The Kier molecular flexibility index (Phi) is 9.77. The highest BCUT2D eigenvalue weighted by Crippen LogP contribution is 2.49. The summed E-state index contributed by atoms with van der Waals surface area (Å²) in [6, 6.07) is 26.8. The molecule has 55 heavy (non-hydrogen) atoms. The van der Waals surface area contributed by atoms with Gasteiger partial charge in [0.2, 0.25) is 17.7 Å². The van der Waals surface area contributed by atoms with Crippen molar-refractivity contribution in [3.05, 3.63) is 132 Å². The predicted octanol–water partition coefficient (Wildman–Crippen LogP) is 5.90. The number of nitrogens with zero attached hydrogens (tertiary/aromatic N) is 5. The van der Waals surface area contributed by atoms with Crippen LogP contribution in [0.1, 0.15) is 54.4 Å². The number of terminal acetylenes is 2. The minimum absolute atomic E-state index is 0.00884. The average molecular weight is 726 g/mol. The number of H-pyrrole nitrogens is 1. The minimum atomic E-state index is -0.543. The zero-order valence-corrected chi connectivity index (χ0v) is 30.3. The minimum Gasteiger partial charge on any atom is -0.440 e. The van der Waals surface area contributed by atoms with E-state index in [1.165, 1.54) is 0 Å². The van der Waals surface area contributed by atoms with Crippen LogP contribution in [-0.2, 0) is 28.0 Å². The number of rotatable bonds is 14. The van der Waals surface area contributed by atoms with Crippen LogP contribution in [0.15, 0.2) is 106 Å². The van der Waals surface area contributed by atoms with Crippen molar-refractivity contribution in [1.82, 2.24) is 30.1 Å². The number of nitrogens with one attached hydrogen (secondary N) is 2. The molecule has 2 N–H and O–H groups in total. The number of carbonyl (C=O) groups excluding carboxylic acids is 2. The Morgan fingerprint density at radius 1 is 1.00 bits per heavy atom. The summed E-state index contributed by atoms with van der Waals surface area (Å²) < 4.78 is 6.39. The van der Waals surface area contributed by atoms with Crippen LogP contribution >= 0.6 is 0 Å². The first-order valence-corrected chi connectivity index (χ1v) is 18.5. The molecule has 2 unspecified atom stereocenters. The van der Waals surface area contributed by atoms with E-state index in [1.807, 2.05) is 83.8 Å². The fourth-order valence-corrected chi connectivity index (χ4v) is 7.36. The van der Waals surface area contributed by atoms with Crippen LogP contribution < -0.4 is 5.32 Å². The quantitative estimate of drug-likeness (QED) is 0.138. The highest BCUT2D eigenvalue weighted by Gasteiger charge is 2.53. The summed E-state index contributed by atoms with van der Waals surface area (Å²) in [5.41, 5.74) is 4.72. The Labute approximate surface area is 320 Å². The molecule has 272 valence electrons. The van der Waals surface area contributed by atoms with Crippen molar-refractivity contribution < 1.29 is 14.0 Å². The van der Waals surface area contributed by atoms with E-state index in [1.54, 1.807) is 17.2 Å². The van der Waals surface area contributed by atoms with Crippen LogP contribution in [-0.4, -0.2) is 68.1 Å². The molecule has 0 saturated heterocycles. The van der Waals surface area contributed by atoms with Gasteiger partial charge in [-0.2, -0.15) is 0 Å². The fraction of sp³-hybridized carbons (Fsp3) is 0.267. The van der Waals surface area contributed by atoms with Crippen LogP contribution in [0.2, 0.25) is 0 Å². The van der Waals surface area contributed by atoms with Crippen LogP contribution in [0.5, 0.6) is 0 Å². The topological polar surface area (TPSA) is 120 Å². The lowest BCUT2D eigenvalue weighted by Gasteiger charge is -2.26. The Morgan fingerprint density at radius 3 is 2.58 bits per heavy atom. The molecule has 8 rings (SSSR count). The molecule has 0 radical (unpaired) electrons. The normalized spacial score (nSPS) is 17.5. The molecule has 1 fully saturated rings. The van der Waals surface area contributed by atoms with Gasteiger partial charge in [-0.1, -0.05) is 54.6 Å². The maximum atomic E-state index is 13.9. The van der Waals surface area contributed by atoms with E-state index in [0.29, 0.717) is 62.3 Å². The molecule has 2 amide bonds. The molecule has 3 aliphatic rings. The third-order valence-electron chi connectivity index (χ3n) is 10.4. The number of oxazole rings is 1. The van der Waals surface area contributed by atoms with E-state index in [2.05, 4.69) is 39.3 Å². The molecule has 10 nitrogen and oxygen atoms in total. The zero-order chi connectivity index (χ0) is 37.8. The lowest BCUT2D eigenvalue weighted by atomic mass is 9.93. The van der Waals surface area contributed by atoms with Crippen molar-refractivity contribution in [2.45, 2.75) is 56.0 Å². The van der Waals surface area contributed by atoms with Crippen molar-refractivity contribution in [2.24, 2.45) is 4.99 Å². The Morgan fingerprint density at radius 2 is 1.82 bits per heavy atom. The molecule has 3 heterocycles.